The second-order valence-electron chi connectivity index (χ2n) is 5.57. The second kappa shape index (κ2) is 7.92. The minimum absolute atomic E-state index is 0.276. The van der Waals surface area contributed by atoms with Crippen LogP contribution in [0.5, 0.6) is 0 Å². The van der Waals surface area contributed by atoms with Gasteiger partial charge in [-0.1, -0.05) is 12.1 Å². The van der Waals surface area contributed by atoms with Gasteiger partial charge < -0.3 is 10.1 Å². The van der Waals surface area contributed by atoms with Gasteiger partial charge in [0.05, 0.1) is 0 Å². The molecule has 0 aliphatic heterocycles. The van der Waals surface area contributed by atoms with Crippen LogP contribution in [0.3, 0.4) is 0 Å². The molecule has 2 aromatic rings. The Morgan fingerprint density at radius 2 is 2.04 bits per heavy atom. The van der Waals surface area contributed by atoms with Gasteiger partial charge in [-0.05, 0) is 66.8 Å². The lowest BCUT2D eigenvalue weighted by atomic mass is 10.1. The summed E-state index contributed by atoms with van der Waals surface area (Å²) in [6.45, 7) is 5.47. The number of carbonyl (C=O) groups is 2. The maximum absolute atomic E-state index is 12.2. The van der Waals surface area contributed by atoms with Gasteiger partial charge in [-0.25, -0.2) is 0 Å². The van der Waals surface area contributed by atoms with Crippen LogP contribution in [0.2, 0.25) is 0 Å². The van der Waals surface area contributed by atoms with Gasteiger partial charge in [0.25, 0.3) is 5.91 Å². The molecule has 1 aromatic carbocycles. The SMILES string of the molecule is Cc1ccc(C)c(NC(=O)[C@H](C)OC(=O)CCc2ccsc2)c1. The van der Waals surface area contributed by atoms with E-state index in [9.17, 15) is 9.59 Å². The molecule has 1 N–H and O–H groups in total. The Bertz CT molecular complexity index is 680. The number of aryl methyl sites for hydroxylation is 3. The second-order valence-corrected chi connectivity index (χ2v) is 6.35. The number of anilines is 1. The lowest BCUT2D eigenvalue weighted by Gasteiger charge is -2.15. The van der Waals surface area contributed by atoms with Crippen molar-refractivity contribution < 1.29 is 14.3 Å². The largest absolute Gasteiger partial charge is 0.453 e. The number of ether oxygens (including phenoxy) is 1. The highest BCUT2D eigenvalue weighted by molar-refractivity contribution is 7.07. The fourth-order valence-electron chi connectivity index (χ4n) is 2.10. The molecule has 0 saturated heterocycles. The van der Waals surface area contributed by atoms with Gasteiger partial charge in [-0.2, -0.15) is 11.3 Å². The third-order valence-electron chi connectivity index (χ3n) is 3.53. The van der Waals surface area contributed by atoms with Crippen molar-refractivity contribution in [2.24, 2.45) is 0 Å². The number of hydrogen-bond acceptors (Lipinski definition) is 4. The number of nitrogens with one attached hydrogen (secondary N) is 1. The van der Waals surface area contributed by atoms with E-state index in [-0.39, 0.29) is 18.3 Å². The number of carbonyl (C=O) groups excluding carboxylic acids is 2. The van der Waals surface area contributed by atoms with Crippen molar-refractivity contribution in [3.05, 3.63) is 51.7 Å². The first-order valence-corrected chi connectivity index (χ1v) is 8.48. The van der Waals surface area contributed by atoms with E-state index < -0.39 is 6.10 Å². The van der Waals surface area contributed by atoms with Crippen molar-refractivity contribution in [3.8, 4) is 0 Å². The molecule has 0 radical (unpaired) electrons. The maximum Gasteiger partial charge on any atom is 0.306 e. The van der Waals surface area contributed by atoms with Crippen LogP contribution in [0.4, 0.5) is 5.69 Å². The summed E-state index contributed by atoms with van der Waals surface area (Å²) in [4.78, 5) is 24.0. The molecular formula is C18H21NO3S. The Kier molecular flexibility index (Phi) is 5.93. The van der Waals surface area contributed by atoms with E-state index in [1.807, 2.05) is 48.9 Å². The standard InChI is InChI=1S/C18H21NO3S/c1-12-4-5-13(2)16(10-12)19-18(21)14(3)22-17(20)7-6-15-8-9-23-11-15/h4-5,8-11,14H,6-7H2,1-3H3,(H,19,21)/t14-/m0/s1. The minimum atomic E-state index is -0.815. The molecule has 0 unspecified atom stereocenters. The molecule has 23 heavy (non-hydrogen) atoms. The molecule has 0 aliphatic rings. The smallest absolute Gasteiger partial charge is 0.306 e. The quantitative estimate of drug-likeness (QED) is 0.818. The van der Waals surface area contributed by atoms with Gasteiger partial charge in [0, 0.05) is 12.1 Å². The fraction of sp³-hybridized carbons (Fsp3) is 0.333. The molecule has 1 atom stereocenters. The van der Waals surface area contributed by atoms with E-state index in [1.54, 1.807) is 18.3 Å². The number of thiophene rings is 1. The van der Waals surface area contributed by atoms with Crippen molar-refractivity contribution in [1.82, 2.24) is 0 Å². The number of rotatable bonds is 6. The predicted molar refractivity (Wildman–Crippen MR) is 92.7 cm³/mol. The van der Waals surface area contributed by atoms with Gasteiger partial charge in [-0.15, -0.1) is 0 Å². The van der Waals surface area contributed by atoms with Crippen LogP contribution >= 0.6 is 11.3 Å². The molecular weight excluding hydrogens is 310 g/mol. The maximum atomic E-state index is 12.2. The third-order valence-corrected chi connectivity index (χ3v) is 4.26. The van der Waals surface area contributed by atoms with Crippen LogP contribution in [-0.4, -0.2) is 18.0 Å². The van der Waals surface area contributed by atoms with Crippen molar-refractivity contribution in [3.63, 3.8) is 0 Å². The Morgan fingerprint density at radius 3 is 2.74 bits per heavy atom. The van der Waals surface area contributed by atoms with Crippen LogP contribution in [0.1, 0.15) is 30.0 Å². The zero-order valence-corrected chi connectivity index (χ0v) is 14.4. The Hall–Kier alpha value is -2.14. The van der Waals surface area contributed by atoms with Crippen molar-refractivity contribution in [2.75, 3.05) is 5.32 Å². The molecule has 0 aliphatic carbocycles. The average Bonchev–Trinajstić information content (AvgIpc) is 3.02. The van der Waals surface area contributed by atoms with Gasteiger partial charge in [0.2, 0.25) is 0 Å². The number of amides is 1. The molecule has 0 bridgehead atoms. The van der Waals surface area contributed by atoms with Crippen LogP contribution < -0.4 is 5.32 Å². The third kappa shape index (κ3) is 5.21. The summed E-state index contributed by atoms with van der Waals surface area (Å²) < 4.78 is 5.21. The molecule has 2 rings (SSSR count). The summed E-state index contributed by atoms with van der Waals surface area (Å²) in [5, 5.41) is 6.79. The lowest BCUT2D eigenvalue weighted by Crippen LogP contribution is -2.30. The zero-order chi connectivity index (χ0) is 16.8. The van der Waals surface area contributed by atoms with Crippen LogP contribution in [-0.2, 0) is 20.7 Å². The number of benzene rings is 1. The molecule has 1 heterocycles. The van der Waals surface area contributed by atoms with Crippen LogP contribution in [0.15, 0.2) is 35.0 Å². The fourth-order valence-corrected chi connectivity index (χ4v) is 2.80. The van der Waals surface area contributed by atoms with Gasteiger partial charge in [-0.3, -0.25) is 9.59 Å². The van der Waals surface area contributed by atoms with Crippen molar-refractivity contribution in [2.45, 2.75) is 39.7 Å². The molecule has 1 amide bonds. The first kappa shape index (κ1) is 17.2. The Labute approximate surface area is 140 Å². The monoisotopic (exact) mass is 331 g/mol. The summed E-state index contributed by atoms with van der Waals surface area (Å²) >= 11 is 1.60. The summed E-state index contributed by atoms with van der Waals surface area (Å²) in [7, 11) is 0. The summed E-state index contributed by atoms with van der Waals surface area (Å²) in [6.07, 6.45) is 0.0933. The minimum Gasteiger partial charge on any atom is -0.453 e. The Morgan fingerprint density at radius 1 is 1.26 bits per heavy atom. The average molecular weight is 331 g/mol. The highest BCUT2D eigenvalue weighted by Crippen LogP contribution is 2.17. The lowest BCUT2D eigenvalue weighted by molar-refractivity contribution is -0.153. The molecule has 0 saturated carbocycles. The molecule has 0 fully saturated rings. The van der Waals surface area contributed by atoms with Gasteiger partial charge in [0.15, 0.2) is 6.10 Å². The highest BCUT2D eigenvalue weighted by Gasteiger charge is 2.18. The molecule has 1 aromatic heterocycles. The van der Waals surface area contributed by atoms with E-state index in [0.717, 1.165) is 22.4 Å². The number of hydrogen-bond donors (Lipinski definition) is 1. The van der Waals surface area contributed by atoms with Crippen molar-refractivity contribution in [1.29, 1.82) is 0 Å². The van der Waals surface area contributed by atoms with E-state index in [4.69, 9.17) is 4.74 Å². The molecule has 0 spiro atoms. The molecule has 122 valence electrons. The summed E-state index contributed by atoms with van der Waals surface area (Å²) in [5.41, 5.74) is 3.89. The van der Waals surface area contributed by atoms with E-state index in [1.165, 1.54) is 0 Å². The van der Waals surface area contributed by atoms with E-state index in [2.05, 4.69) is 5.32 Å². The molecule has 4 nitrogen and oxygen atoms in total. The van der Waals surface area contributed by atoms with Gasteiger partial charge >= 0.3 is 5.97 Å². The summed E-state index contributed by atoms with van der Waals surface area (Å²) in [5.74, 6) is -0.678. The van der Waals surface area contributed by atoms with Crippen molar-refractivity contribution >= 4 is 28.9 Å². The van der Waals surface area contributed by atoms with Crippen LogP contribution in [0, 0.1) is 13.8 Å². The predicted octanol–water partition coefficient (Wildman–Crippen LogP) is 3.87. The summed E-state index contributed by atoms with van der Waals surface area (Å²) in [6, 6.07) is 7.81. The van der Waals surface area contributed by atoms with E-state index in [0.29, 0.717) is 6.42 Å². The topological polar surface area (TPSA) is 55.4 Å². The Balaban J connectivity index is 1.84. The highest BCUT2D eigenvalue weighted by atomic mass is 32.1. The zero-order valence-electron chi connectivity index (χ0n) is 13.6. The van der Waals surface area contributed by atoms with Crippen LogP contribution in [0.25, 0.3) is 0 Å². The van der Waals surface area contributed by atoms with E-state index >= 15 is 0 Å². The molecule has 5 heteroatoms. The van der Waals surface area contributed by atoms with Gasteiger partial charge in [0.1, 0.15) is 0 Å². The first-order valence-electron chi connectivity index (χ1n) is 7.54. The number of esters is 1. The normalized spacial score (nSPS) is 11.8. The first-order chi connectivity index (χ1) is 11.0.